The number of nitrogens with zero attached hydrogens (tertiary/aromatic N) is 1. The quantitative estimate of drug-likeness (QED) is 0.169. The van der Waals surface area contributed by atoms with Gasteiger partial charge in [-0.1, -0.05) is 40.9 Å². The average molecular weight is 741 g/mol. The largest absolute Gasteiger partial charge is 0.417 e. The van der Waals surface area contributed by atoms with E-state index in [1.54, 1.807) is 6.92 Å². The number of aryl methyl sites for hydroxylation is 1. The van der Waals surface area contributed by atoms with E-state index in [0.29, 0.717) is 22.0 Å². The zero-order valence-electron chi connectivity index (χ0n) is 23.6. The van der Waals surface area contributed by atoms with Gasteiger partial charge in [0.15, 0.2) is 0 Å². The molecule has 4 aromatic carbocycles. The monoisotopic (exact) mass is 739 g/mol. The number of hydrogen-bond acceptors (Lipinski definition) is 5. The number of hydrogen-bond donors (Lipinski definition) is 2. The summed E-state index contributed by atoms with van der Waals surface area (Å²) in [4.78, 5) is 12.3. The number of rotatable bonds is 9. The predicted molar refractivity (Wildman–Crippen MR) is 164 cm³/mol. The standard InChI is InChI=1S/C29H21Cl2F6N3O5S2/c1-17-2-8-22(9-3-17)47(44,45)40(20-7-13-26(31)24(15-20)29(35,36)37)16-27(41)38-18-4-10-21(11-5-18)46(42,43)39-19-6-12-25(30)23(14-19)28(32,33)34/h2-15,39H,16H2,1H3,(H,38,41). The van der Waals surface area contributed by atoms with Gasteiger partial charge in [-0.2, -0.15) is 26.3 Å². The minimum atomic E-state index is -4.94. The molecule has 0 aromatic heterocycles. The second kappa shape index (κ2) is 13.3. The van der Waals surface area contributed by atoms with Crippen LogP contribution in [0, 0.1) is 6.92 Å². The highest BCUT2D eigenvalue weighted by Crippen LogP contribution is 2.39. The number of amides is 1. The summed E-state index contributed by atoms with van der Waals surface area (Å²) in [5, 5.41) is 1.01. The number of halogens is 8. The van der Waals surface area contributed by atoms with Crippen molar-refractivity contribution in [1.29, 1.82) is 0 Å². The third-order valence-corrected chi connectivity index (χ3v) is 10.3. The number of nitrogens with one attached hydrogen (secondary N) is 2. The molecule has 0 fully saturated rings. The van der Waals surface area contributed by atoms with Crippen molar-refractivity contribution in [1.82, 2.24) is 0 Å². The van der Waals surface area contributed by atoms with Crippen LogP contribution in [0.3, 0.4) is 0 Å². The highest BCUT2D eigenvalue weighted by atomic mass is 35.5. The van der Waals surface area contributed by atoms with Crippen LogP contribution in [0.2, 0.25) is 10.0 Å². The van der Waals surface area contributed by atoms with E-state index in [1.807, 2.05) is 4.72 Å². The lowest BCUT2D eigenvalue weighted by molar-refractivity contribution is -0.138. The molecule has 4 rings (SSSR count). The summed E-state index contributed by atoms with van der Waals surface area (Å²) in [7, 11) is -9.03. The van der Waals surface area contributed by atoms with Crippen LogP contribution in [0.5, 0.6) is 0 Å². The minimum Gasteiger partial charge on any atom is -0.325 e. The van der Waals surface area contributed by atoms with E-state index in [9.17, 15) is 48.0 Å². The molecule has 0 radical (unpaired) electrons. The van der Waals surface area contributed by atoms with E-state index >= 15 is 0 Å². The van der Waals surface area contributed by atoms with Crippen LogP contribution >= 0.6 is 23.2 Å². The first-order chi connectivity index (χ1) is 21.7. The van der Waals surface area contributed by atoms with Crippen LogP contribution < -0.4 is 14.3 Å². The zero-order valence-corrected chi connectivity index (χ0v) is 26.8. The summed E-state index contributed by atoms with van der Waals surface area (Å²) in [6.07, 6.45) is -9.79. The predicted octanol–water partition coefficient (Wildman–Crippen LogP) is 7.97. The molecule has 0 aliphatic carbocycles. The normalized spacial score (nSPS) is 12.4. The van der Waals surface area contributed by atoms with Crippen molar-refractivity contribution < 1.29 is 48.0 Å². The minimum absolute atomic E-state index is 0.0421. The number of sulfonamides is 2. The second-order valence-corrected chi connectivity index (χ2v) is 14.2. The van der Waals surface area contributed by atoms with Gasteiger partial charge in [0.1, 0.15) is 6.54 Å². The average Bonchev–Trinajstić information content (AvgIpc) is 2.96. The van der Waals surface area contributed by atoms with Crippen molar-refractivity contribution in [3.8, 4) is 0 Å². The molecule has 0 bridgehead atoms. The number of carbonyl (C=O) groups excluding carboxylic acids is 1. The third kappa shape index (κ3) is 8.49. The lowest BCUT2D eigenvalue weighted by Gasteiger charge is -2.25. The van der Waals surface area contributed by atoms with Gasteiger partial charge in [0.05, 0.1) is 36.7 Å². The maximum Gasteiger partial charge on any atom is 0.417 e. The van der Waals surface area contributed by atoms with Crippen molar-refractivity contribution in [2.24, 2.45) is 0 Å². The first-order valence-electron chi connectivity index (χ1n) is 12.9. The van der Waals surface area contributed by atoms with Crippen LogP contribution in [-0.2, 0) is 37.2 Å². The molecule has 0 aliphatic rings. The van der Waals surface area contributed by atoms with Crippen LogP contribution in [0.15, 0.2) is 94.7 Å². The molecule has 0 heterocycles. The summed E-state index contributed by atoms with van der Waals surface area (Å²) >= 11 is 11.3. The SMILES string of the molecule is Cc1ccc(S(=O)(=O)N(CC(=O)Nc2ccc(S(=O)(=O)Nc3ccc(Cl)c(C(F)(F)F)c3)cc2)c2ccc(Cl)c(C(F)(F)F)c2)cc1. The third-order valence-electron chi connectivity index (χ3n) is 6.41. The fourth-order valence-electron chi connectivity index (χ4n) is 4.11. The van der Waals surface area contributed by atoms with E-state index in [1.165, 1.54) is 24.3 Å². The molecule has 1 amide bonds. The Bertz CT molecular complexity index is 2020. The van der Waals surface area contributed by atoms with Gasteiger partial charge in [-0.3, -0.25) is 13.8 Å². The van der Waals surface area contributed by atoms with Gasteiger partial charge in [-0.05, 0) is 79.7 Å². The molecule has 18 heteroatoms. The molecule has 0 spiro atoms. The Labute approximate surface area is 275 Å². The topological polar surface area (TPSA) is 113 Å². The van der Waals surface area contributed by atoms with Crippen LogP contribution in [0.4, 0.5) is 43.4 Å². The Hall–Kier alpha value is -3.99. The zero-order chi connectivity index (χ0) is 34.9. The van der Waals surface area contributed by atoms with Gasteiger partial charge in [0.2, 0.25) is 5.91 Å². The van der Waals surface area contributed by atoms with Crippen molar-refractivity contribution >= 4 is 66.2 Å². The molecule has 0 atom stereocenters. The summed E-state index contributed by atoms with van der Waals surface area (Å²) < 4.78 is 135. The molecule has 0 saturated heterocycles. The van der Waals surface area contributed by atoms with Crippen molar-refractivity contribution in [3.63, 3.8) is 0 Å². The van der Waals surface area contributed by atoms with Crippen molar-refractivity contribution in [2.75, 3.05) is 20.9 Å². The number of anilines is 3. The van der Waals surface area contributed by atoms with Crippen molar-refractivity contribution in [2.45, 2.75) is 29.1 Å². The van der Waals surface area contributed by atoms with E-state index < -0.39 is 82.3 Å². The Morgan fingerprint density at radius 1 is 0.702 bits per heavy atom. The molecule has 4 aromatic rings. The van der Waals surface area contributed by atoms with Gasteiger partial charge < -0.3 is 5.32 Å². The van der Waals surface area contributed by atoms with E-state index in [-0.39, 0.29) is 10.6 Å². The first-order valence-corrected chi connectivity index (χ1v) is 16.6. The van der Waals surface area contributed by atoms with E-state index in [4.69, 9.17) is 23.2 Å². The fourth-order valence-corrected chi connectivity index (χ4v) is 7.02. The molecule has 250 valence electrons. The molecular formula is C29H21Cl2F6N3O5S2. The molecule has 0 aliphatic heterocycles. The number of carbonyl (C=O) groups is 1. The highest BCUT2D eigenvalue weighted by molar-refractivity contribution is 7.93. The molecule has 2 N–H and O–H groups in total. The maximum atomic E-state index is 13.6. The smallest absolute Gasteiger partial charge is 0.325 e. The summed E-state index contributed by atoms with van der Waals surface area (Å²) in [6.45, 7) is 0.680. The number of benzene rings is 4. The second-order valence-electron chi connectivity index (χ2n) is 9.86. The molecule has 47 heavy (non-hydrogen) atoms. The van der Waals surface area contributed by atoms with E-state index in [0.717, 1.165) is 48.5 Å². The van der Waals surface area contributed by atoms with Crippen LogP contribution in [0.1, 0.15) is 16.7 Å². The molecule has 0 saturated carbocycles. The molecular weight excluding hydrogens is 719 g/mol. The van der Waals surface area contributed by atoms with Gasteiger partial charge >= 0.3 is 12.4 Å². The Kier molecular flexibility index (Phi) is 10.1. The van der Waals surface area contributed by atoms with Gasteiger partial charge in [-0.15, -0.1) is 0 Å². The lowest BCUT2D eigenvalue weighted by atomic mass is 10.2. The fraction of sp³-hybridized carbons (Fsp3) is 0.138. The first kappa shape index (κ1) is 35.9. The van der Waals surface area contributed by atoms with Crippen molar-refractivity contribution in [3.05, 3.63) is 112 Å². The van der Waals surface area contributed by atoms with Gasteiger partial charge in [0, 0.05) is 11.4 Å². The Balaban J connectivity index is 1.59. The highest BCUT2D eigenvalue weighted by Gasteiger charge is 2.36. The van der Waals surface area contributed by atoms with Crippen LogP contribution in [0.25, 0.3) is 0 Å². The maximum absolute atomic E-state index is 13.6. The molecule has 8 nitrogen and oxygen atoms in total. The van der Waals surface area contributed by atoms with Crippen LogP contribution in [-0.4, -0.2) is 29.3 Å². The van der Waals surface area contributed by atoms with Gasteiger partial charge in [0.25, 0.3) is 20.0 Å². The Morgan fingerprint density at radius 3 is 1.74 bits per heavy atom. The summed E-state index contributed by atoms with van der Waals surface area (Å²) in [5.41, 5.74) is -2.88. The number of alkyl halides is 6. The van der Waals surface area contributed by atoms with Gasteiger partial charge in [-0.25, -0.2) is 16.8 Å². The lowest BCUT2D eigenvalue weighted by Crippen LogP contribution is -2.38. The Morgan fingerprint density at radius 2 is 1.19 bits per heavy atom. The summed E-state index contributed by atoms with van der Waals surface area (Å²) in [5.74, 6) is -1.02. The van der Waals surface area contributed by atoms with E-state index in [2.05, 4.69) is 5.32 Å². The molecule has 0 unspecified atom stereocenters. The summed E-state index contributed by atoms with van der Waals surface area (Å²) in [6, 6.07) is 14.3.